The van der Waals surface area contributed by atoms with Gasteiger partial charge < -0.3 is 11.1 Å². The molecule has 0 aromatic rings. The van der Waals surface area contributed by atoms with Crippen LogP contribution in [-0.2, 0) is 0 Å². The van der Waals surface area contributed by atoms with Gasteiger partial charge in [-0.05, 0) is 38.0 Å². The second kappa shape index (κ2) is 3.00. The summed E-state index contributed by atoms with van der Waals surface area (Å²) in [6.45, 7) is 3.17. The van der Waals surface area contributed by atoms with Crippen LogP contribution in [0.4, 0.5) is 0 Å². The zero-order chi connectivity index (χ0) is 8.60. The fourth-order valence-corrected chi connectivity index (χ4v) is 2.43. The molecule has 0 saturated heterocycles. The van der Waals surface area contributed by atoms with Crippen molar-refractivity contribution in [1.82, 2.24) is 5.32 Å². The Labute approximate surface area is 74.9 Å². The van der Waals surface area contributed by atoms with Crippen LogP contribution in [0.1, 0.15) is 39.0 Å². The van der Waals surface area contributed by atoms with E-state index in [-0.39, 0.29) is 0 Å². The van der Waals surface area contributed by atoms with Gasteiger partial charge in [0, 0.05) is 18.1 Å². The van der Waals surface area contributed by atoms with Crippen molar-refractivity contribution in [1.29, 1.82) is 0 Å². The lowest BCUT2D eigenvalue weighted by molar-refractivity contribution is 0.327. The van der Waals surface area contributed by atoms with E-state index in [0.29, 0.717) is 5.54 Å². The molecule has 0 amide bonds. The number of hydrogen-bond donors (Lipinski definition) is 2. The quantitative estimate of drug-likeness (QED) is 0.665. The van der Waals surface area contributed by atoms with Gasteiger partial charge in [0.1, 0.15) is 0 Å². The average molecular weight is 168 g/mol. The average Bonchev–Trinajstić information content (AvgIpc) is 2.77. The number of hydrogen-bond acceptors (Lipinski definition) is 2. The summed E-state index contributed by atoms with van der Waals surface area (Å²) in [5.41, 5.74) is 6.16. The molecular formula is C10H20N2. The van der Waals surface area contributed by atoms with Gasteiger partial charge in [-0.3, -0.25) is 0 Å². The first-order valence-electron chi connectivity index (χ1n) is 5.22. The van der Waals surface area contributed by atoms with Crippen molar-refractivity contribution in [2.24, 2.45) is 11.7 Å². The van der Waals surface area contributed by atoms with Crippen molar-refractivity contribution in [3.63, 3.8) is 0 Å². The summed E-state index contributed by atoms with van der Waals surface area (Å²) in [5, 5.41) is 3.72. The molecule has 3 N–H and O–H groups in total. The first-order valence-corrected chi connectivity index (χ1v) is 5.22. The van der Waals surface area contributed by atoms with E-state index < -0.39 is 0 Å². The minimum atomic E-state index is 0.320. The highest BCUT2D eigenvalue weighted by Crippen LogP contribution is 2.36. The third kappa shape index (κ3) is 1.64. The maximum absolute atomic E-state index is 5.84. The highest BCUT2D eigenvalue weighted by atomic mass is 15.1. The lowest BCUT2D eigenvalue weighted by Gasteiger charge is -2.29. The van der Waals surface area contributed by atoms with Crippen LogP contribution in [0.2, 0.25) is 0 Å². The number of nitrogens with one attached hydrogen (secondary N) is 1. The third-order valence-corrected chi connectivity index (χ3v) is 3.33. The van der Waals surface area contributed by atoms with Gasteiger partial charge in [0.2, 0.25) is 0 Å². The Morgan fingerprint density at radius 2 is 2.17 bits per heavy atom. The molecule has 0 bridgehead atoms. The Kier molecular flexibility index (Phi) is 2.13. The smallest absolute Gasteiger partial charge is 0.0309 e. The monoisotopic (exact) mass is 168 g/mol. The zero-order valence-electron chi connectivity index (χ0n) is 7.97. The normalized spacial score (nSPS) is 42.0. The molecule has 70 valence electrons. The van der Waals surface area contributed by atoms with Crippen molar-refractivity contribution < 1.29 is 0 Å². The SMILES string of the molecule is CC1CCC(CN)(NC2CC2)C1. The summed E-state index contributed by atoms with van der Waals surface area (Å²) < 4.78 is 0. The molecule has 2 nitrogen and oxygen atoms in total. The zero-order valence-corrected chi connectivity index (χ0v) is 7.97. The minimum absolute atomic E-state index is 0.320. The molecule has 2 rings (SSSR count). The molecule has 2 unspecified atom stereocenters. The first kappa shape index (κ1) is 8.52. The van der Waals surface area contributed by atoms with E-state index in [1.807, 2.05) is 0 Å². The highest BCUT2D eigenvalue weighted by Gasteiger charge is 2.39. The van der Waals surface area contributed by atoms with Crippen LogP contribution in [0.15, 0.2) is 0 Å². The molecule has 2 fully saturated rings. The predicted octanol–water partition coefficient (Wildman–Crippen LogP) is 1.26. The largest absolute Gasteiger partial charge is 0.329 e. The van der Waals surface area contributed by atoms with E-state index in [1.165, 1.54) is 32.1 Å². The maximum atomic E-state index is 5.84. The van der Waals surface area contributed by atoms with Crippen LogP contribution in [0.3, 0.4) is 0 Å². The summed E-state index contributed by atoms with van der Waals surface area (Å²) in [6, 6.07) is 0.804. The summed E-state index contributed by atoms with van der Waals surface area (Å²) in [6.07, 6.45) is 6.68. The maximum Gasteiger partial charge on any atom is 0.0309 e. The second-order valence-electron chi connectivity index (χ2n) is 4.75. The Morgan fingerprint density at radius 1 is 1.42 bits per heavy atom. The van der Waals surface area contributed by atoms with E-state index >= 15 is 0 Å². The van der Waals surface area contributed by atoms with Gasteiger partial charge in [-0.25, -0.2) is 0 Å². The molecule has 0 aromatic carbocycles. The van der Waals surface area contributed by atoms with Crippen LogP contribution in [0, 0.1) is 5.92 Å². The Balaban J connectivity index is 1.93. The molecule has 0 aromatic heterocycles. The fraction of sp³-hybridized carbons (Fsp3) is 1.00. The van der Waals surface area contributed by atoms with Crippen molar-refractivity contribution in [2.45, 2.75) is 50.6 Å². The predicted molar refractivity (Wildman–Crippen MR) is 51.0 cm³/mol. The van der Waals surface area contributed by atoms with Gasteiger partial charge in [-0.1, -0.05) is 6.92 Å². The molecule has 0 radical (unpaired) electrons. The molecule has 2 aliphatic rings. The summed E-state index contributed by atoms with van der Waals surface area (Å²) in [4.78, 5) is 0. The molecule has 2 heteroatoms. The van der Waals surface area contributed by atoms with Gasteiger partial charge in [-0.15, -0.1) is 0 Å². The van der Waals surface area contributed by atoms with Crippen LogP contribution in [0.5, 0.6) is 0 Å². The summed E-state index contributed by atoms with van der Waals surface area (Å²) in [5.74, 6) is 0.875. The topological polar surface area (TPSA) is 38.0 Å². The lowest BCUT2D eigenvalue weighted by Crippen LogP contribution is -2.50. The van der Waals surface area contributed by atoms with Crippen molar-refractivity contribution >= 4 is 0 Å². The number of rotatable bonds is 3. The molecule has 2 aliphatic carbocycles. The van der Waals surface area contributed by atoms with E-state index in [0.717, 1.165) is 18.5 Å². The van der Waals surface area contributed by atoms with Crippen LogP contribution in [0.25, 0.3) is 0 Å². The van der Waals surface area contributed by atoms with E-state index in [9.17, 15) is 0 Å². The third-order valence-electron chi connectivity index (χ3n) is 3.33. The molecule has 0 heterocycles. The van der Waals surface area contributed by atoms with Gasteiger partial charge in [0.05, 0.1) is 0 Å². The lowest BCUT2D eigenvalue weighted by atomic mass is 9.96. The molecule has 0 spiro atoms. The van der Waals surface area contributed by atoms with Gasteiger partial charge in [0.25, 0.3) is 0 Å². The summed E-state index contributed by atoms with van der Waals surface area (Å²) >= 11 is 0. The van der Waals surface area contributed by atoms with Crippen LogP contribution in [-0.4, -0.2) is 18.1 Å². The minimum Gasteiger partial charge on any atom is -0.329 e. The molecule has 0 aliphatic heterocycles. The second-order valence-corrected chi connectivity index (χ2v) is 4.75. The highest BCUT2D eigenvalue weighted by molar-refractivity contribution is 5.00. The molecule has 12 heavy (non-hydrogen) atoms. The van der Waals surface area contributed by atoms with Crippen molar-refractivity contribution in [2.75, 3.05) is 6.54 Å². The number of nitrogens with two attached hydrogens (primary N) is 1. The molecule has 2 saturated carbocycles. The van der Waals surface area contributed by atoms with Gasteiger partial charge in [-0.2, -0.15) is 0 Å². The Morgan fingerprint density at radius 3 is 2.58 bits per heavy atom. The van der Waals surface area contributed by atoms with Crippen molar-refractivity contribution in [3.8, 4) is 0 Å². The first-order chi connectivity index (χ1) is 5.74. The Bertz CT molecular complexity index is 165. The van der Waals surface area contributed by atoms with Crippen LogP contribution < -0.4 is 11.1 Å². The van der Waals surface area contributed by atoms with E-state index in [2.05, 4.69) is 12.2 Å². The molecule has 2 atom stereocenters. The standard InChI is InChI=1S/C10H20N2/c1-8-4-5-10(6-8,7-11)12-9-2-3-9/h8-9,12H,2-7,11H2,1H3. The van der Waals surface area contributed by atoms with E-state index in [1.54, 1.807) is 0 Å². The summed E-state index contributed by atoms with van der Waals surface area (Å²) in [7, 11) is 0. The van der Waals surface area contributed by atoms with Crippen molar-refractivity contribution in [3.05, 3.63) is 0 Å². The van der Waals surface area contributed by atoms with Crippen LogP contribution >= 0.6 is 0 Å². The Hall–Kier alpha value is -0.0800. The van der Waals surface area contributed by atoms with Gasteiger partial charge in [0.15, 0.2) is 0 Å². The van der Waals surface area contributed by atoms with E-state index in [4.69, 9.17) is 5.73 Å². The molecular weight excluding hydrogens is 148 g/mol. The van der Waals surface area contributed by atoms with Gasteiger partial charge >= 0.3 is 0 Å². The fourth-order valence-electron chi connectivity index (χ4n) is 2.43.